The van der Waals surface area contributed by atoms with Crippen LogP contribution in [0.15, 0.2) is 0 Å². The van der Waals surface area contributed by atoms with E-state index in [9.17, 15) is 0 Å². The quantitative estimate of drug-likeness (QED) is 0.580. The van der Waals surface area contributed by atoms with Crippen LogP contribution >= 0.6 is 0 Å². The number of rotatable bonds is 3. The third-order valence-corrected chi connectivity index (χ3v) is 2.16. The van der Waals surface area contributed by atoms with Gasteiger partial charge in [-0.15, -0.1) is 0 Å². The van der Waals surface area contributed by atoms with E-state index in [1.807, 2.05) is 0 Å². The molecular weight excluding hydrogens is 114 g/mol. The Labute approximate surface area is 56.5 Å². The van der Waals surface area contributed by atoms with Crippen molar-refractivity contribution in [3.05, 3.63) is 0 Å². The number of hydroxylamine groups is 1. The van der Waals surface area contributed by atoms with Crippen LogP contribution in [-0.2, 0) is 4.84 Å². The maximum Gasteiger partial charge on any atom is 0.0572 e. The minimum absolute atomic E-state index is 0.545. The summed E-state index contributed by atoms with van der Waals surface area (Å²) in [4.78, 5) is 4.81. The summed E-state index contributed by atoms with van der Waals surface area (Å²) in [6, 6.07) is 0.545. The third-order valence-electron chi connectivity index (χ3n) is 2.16. The highest BCUT2D eigenvalue weighted by Crippen LogP contribution is 2.29. The minimum atomic E-state index is 0.545. The topological polar surface area (TPSA) is 21.3 Å². The van der Waals surface area contributed by atoms with Gasteiger partial charge in [0.1, 0.15) is 0 Å². The van der Waals surface area contributed by atoms with Gasteiger partial charge >= 0.3 is 0 Å². The van der Waals surface area contributed by atoms with Gasteiger partial charge in [0.05, 0.1) is 7.11 Å². The fourth-order valence-corrected chi connectivity index (χ4v) is 1.22. The Kier molecular flexibility index (Phi) is 2.49. The lowest BCUT2D eigenvalue weighted by molar-refractivity contribution is 0.0321. The highest BCUT2D eigenvalue weighted by atomic mass is 16.6. The van der Waals surface area contributed by atoms with Crippen LogP contribution < -0.4 is 5.48 Å². The first-order valence-electron chi connectivity index (χ1n) is 3.63. The first-order chi connectivity index (χ1) is 4.34. The van der Waals surface area contributed by atoms with Crippen molar-refractivity contribution in [2.75, 3.05) is 7.11 Å². The lowest BCUT2D eigenvalue weighted by Crippen LogP contribution is -2.36. The Morgan fingerprint density at radius 2 is 2.22 bits per heavy atom. The van der Waals surface area contributed by atoms with Crippen LogP contribution in [0.3, 0.4) is 0 Å². The molecule has 1 N–H and O–H groups in total. The molecule has 1 fully saturated rings. The SMILES string of the molecule is CONC(C)C1CCC1. The summed E-state index contributed by atoms with van der Waals surface area (Å²) >= 11 is 0. The molecule has 1 saturated carbocycles. The molecule has 54 valence electrons. The van der Waals surface area contributed by atoms with Gasteiger partial charge in [-0.25, -0.2) is 0 Å². The van der Waals surface area contributed by atoms with Crippen molar-refractivity contribution in [1.82, 2.24) is 5.48 Å². The third kappa shape index (κ3) is 1.66. The highest BCUT2D eigenvalue weighted by Gasteiger charge is 2.23. The number of nitrogens with one attached hydrogen (secondary N) is 1. The standard InChI is InChI=1S/C7H15NO/c1-6(8-9-2)7-4-3-5-7/h6-8H,3-5H2,1-2H3. The second-order valence-corrected chi connectivity index (χ2v) is 2.80. The van der Waals surface area contributed by atoms with E-state index < -0.39 is 0 Å². The van der Waals surface area contributed by atoms with Crippen molar-refractivity contribution >= 4 is 0 Å². The van der Waals surface area contributed by atoms with Gasteiger partial charge in [0.2, 0.25) is 0 Å². The van der Waals surface area contributed by atoms with Crippen LogP contribution in [0.25, 0.3) is 0 Å². The minimum Gasteiger partial charge on any atom is -0.305 e. The van der Waals surface area contributed by atoms with E-state index in [1.54, 1.807) is 7.11 Å². The molecule has 1 unspecified atom stereocenters. The zero-order chi connectivity index (χ0) is 6.69. The van der Waals surface area contributed by atoms with Crippen molar-refractivity contribution in [3.8, 4) is 0 Å². The lowest BCUT2D eigenvalue weighted by atomic mass is 9.81. The average molecular weight is 129 g/mol. The molecule has 2 nitrogen and oxygen atoms in total. The highest BCUT2D eigenvalue weighted by molar-refractivity contribution is 4.76. The van der Waals surface area contributed by atoms with Gasteiger partial charge in [-0.05, 0) is 25.7 Å². The molecule has 0 radical (unpaired) electrons. The van der Waals surface area contributed by atoms with Crippen LogP contribution in [-0.4, -0.2) is 13.2 Å². The van der Waals surface area contributed by atoms with Gasteiger partial charge in [0.15, 0.2) is 0 Å². The first-order valence-corrected chi connectivity index (χ1v) is 3.63. The molecular formula is C7H15NO. The molecule has 0 heterocycles. The van der Waals surface area contributed by atoms with Gasteiger partial charge in [-0.3, -0.25) is 0 Å². The second-order valence-electron chi connectivity index (χ2n) is 2.80. The van der Waals surface area contributed by atoms with E-state index in [2.05, 4.69) is 12.4 Å². The van der Waals surface area contributed by atoms with Crippen molar-refractivity contribution in [1.29, 1.82) is 0 Å². The molecule has 0 aromatic rings. The molecule has 9 heavy (non-hydrogen) atoms. The Bertz CT molecular complexity index is 81.0. The second kappa shape index (κ2) is 3.18. The molecule has 1 aliphatic carbocycles. The van der Waals surface area contributed by atoms with Crippen molar-refractivity contribution in [3.63, 3.8) is 0 Å². The molecule has 0 amide bonds. The summed E-state index contributed by atoms with van der Waals surface area (Å²) in [5.41, 5.74) is 2.95. The predicted octanol–water partition coefficient (Wildman–Crippen LogP) is 1.33. The molecule has 1 atom stereocenters. The molecule has 0 saturated heterocycles. The smallest absolute Gasteiger partial charge is 0.0572 e. The Morgan fingerprint density at radius 1 is 1.56 bits per heavy atom. The summed E-state index contributed by atoms with van der Waals surface area (Å²) in [5, 5.41) is 0. The van der Waals surface area contributed by atoms with Crippen LogP contribution in [0.2, 0.25) is 0 Å². The monoisotopic (exact) mass is 129 g/mol. The van der Waals surface area contributed by atoms with Gasteiger partial charge in [0, 0.05) is 6.04 Å². The van der Waals surface area contributed by atoms with E-state index in [4.69, 9.17) is 4.84 Å². The van der Waals surface area contributed by atoms with E-state index in [0.717, 1.165) is 5.92 Å². The van der Waals surface area contributed by atoms with Crippen LogP contribution in [0.1, 0.15) is 26.2 Å². The van der Waals surface area contributed by atoms with E-state index in [1.165, 1.54) is 19.3 Å². The Morgan fingerprint density at radius 3 is 2.56 bits per heavy atom. The molecule has 0 aromatic heterocycles. The lowest BCUT2D eigenvalue weighted by Gasteiger charge is -2.30. The van der Waals surface area contributed by atoms with Crippen LogP contribution in [0.4, 0.5) is 0 Å². The zero-order valence-corrected chi connectivity index (χ0v) is 6.18. The zero-order valence-electron chi connectivity index (χ0n) is 6.18. The molecule has 2 heteroatoms. The Balaban J connectivity index is 2.08. The summed E-state index contributed by atoms with van der Waals surface area (Å²) in [6.45, 7) is 2.17. The van der Waals surface area contributed by atoms with Gasteiger partial charge in [0.25, 0.3) is 0 Å². The molecule has 0 aromatic carbocycles. The molecule has 1 rings (SSSR count). The summed E-state index contributed by atoms with van der Waals surface area (Å²) in [7, 11) is 1.68. The summed E-state index contributed by atoms with van der Waals surface area (Å²) < 4.78 is 0. The van der Waals surface area contributed by atoms with Crippen molar-refractivity contribution in [2.45, 2.75) is 32.2 Å². The average Bonchev–Trinajstić information content (AvgIpc) is 1.60. The fraction of sp³-hybridized carbons (Fsp3) is 1.00. The van der Waals surface area contributed by atoms with Gasteiger partial charge < -0.3 is 4.84 Å². The molecule has 0 bridgehead atoms. The number of hydrogen-bond donors (Lipinski definition) is 1. The summed E-state index contributed by atoms with van der Waals surface area (Å²) in [5.74, 6) is 0.866. The van der Waals surface area contributed by atoms with E-state index in [0.29, 0.717) is 6.04 Å². The predicted molar refractivity (Wildman–Crippen MR) is 36.9 cm³/mol. The maximum absolute atomic E-state index is 4.81. The van der Waals surface area contributed by atoms with E-state index in [-0.39, 0.29) is 0 Å². The van der Waals surface area contributed by atoms with Gasteiger partial charge in [-0.1, -0.05) is 6.42 Å². The van der Waals surface area contributed by atoms with Gasteiger partial charge in [-0.2, -0.15) is 5.48 Å². The summed E-state index contributed by atoms with van der Waals surface area (Å²) in [6.07, 6.45) is 4.15. The first kappa shape index (κ1) is 7.03. The normalized spacial score (nSPS) is 23.3. The fourth-order valence-electron chi connectivity index (χ4n) is 1.22. The molecule has 0 spiro atoms. The van der Waals surface area contributed by atoms with Crippen molar-refractivity contribution in [2.24, 2.45) is 5.92 Å². The number of hydrogen-bond acceptors (Lipinski definition) is 2. The molecule has 0 aliphatic heterocycles. The van der Waals surface area contributed by atoms with Crippen molar-refractivity contribution < 1.29 is 4.84 Å². The van der Waals surface area contributed by atoms with Crippen LogP contribution in [0, 0.1) is 5.92 Å². The van der Waals surface area contributed by atoms with E-state index >= 15 is 0 Å². The van der Waals surface area contributed by atoms with Crippen LogP contribution in [0.5, 0.6) is 0 Å². The Hall–Kier alpha value is -0.0800. The largest absolute Gasteiger partial charge is 0.305 e. The molecule has 1 aliphatic rings. The maximum atomic E-state index is 4.81.